The summed E-state index contributed by atoms with van der Waals surface area (Å²) < 4.78 is 3.95. The minimum absolute atomic E-state index is 0.301. The third kappa shape index (κ3) is 3.92. The highest BCUT2D eigenvalue weighted by Gasteiger charge is 2.27. The predicted octanol–water partition coefficient (Wildman–Crippen LogP) is 2.06. The molecule has 9 heavy (non-hydrogen) atoms. The summed E-state index contributed by atoms with van der Waals surface area (Å²) in [6.45, 7) is 3.85. The maximum Gasteiger partial charge on any atom is 0.333 e. The Bertz CT molecular complexity index is 106. The van der Waals surface area contributed by atoms with E-state index in [1.54, 1.807) is 13.8 Å². The summed E-state index contributed by atoms with van der Waals surface area (Å²) >= 11 is 6.17. The molecule has 0 unspecified atom stereocenters. The molecule has 0 fully saturated rings. The largest absolute Gasteiger partial charge is 0.464 e. The van der Waals surface area contributed by atoms with E-state index >= 15 is 0 Å². The fourth-order valence-electron chi connectivity index (χ4n) is 0.258. The zero-order chi connectivity index (χ0) is 7.49. The van der Waals surface area contributed by atoms with Gasteiger partial charge in [-0.2, -0.15) is 0 Å². The van der Waals surface area contributed by atoms with Gasteiger partial charge in [0.2, 0.25) is 0 Å². The summed E-state index contributed by atoms with van der Waals surface area (Å²) in [5.41, 5.74) is 0. The Morgan fingerprint density at radius 2 is 2.11 bits per heavy atom. The van der Waals surface area contributed by atoms with Gasteiger partial charge in [0.15, 0.2) is 3.23 Å². The third-order valence-corrected chi connectivity index (χ3v) is 1.28. The van der Waals surface area contributed by atoms with Crippen LogP contribution in [0.2, 0.25) is 0 Å². The van der Waals surface area contributed by atoms with Crippen molar-refractivity contribution < 1.29 is 9.53 Å². The van der Waals surface area contributed by atoms with E-state index < -0.39 is 3.23 Å². The van der Waals surface area contributed by atoms with Gasteiger partial charge in [-0.25, -0.2) is 4.79 Å². The standard InChI is InChI=1S/C5H8Br2O2/c1-3-9-4(8)5(2,6)7/h3H2,1-2H3. The van der Waals surface area contributed by atoms with Crippen LogP contribution in [-0.4, -0.2) is 15.8 Å². The van der Waals surface area contributed by atoms with Crippen LogP contribution in [0.4, 0.5) is 0 Å². The Hall–Kier alpha value is 0.430. The summed E-state index contributed by atoms with van der Waals surface area (Å²) in [6, 6.07) is 0. The number of hydrogen-bond acceptors (Lipinski definition) is 2. The zero-order valence-electron chi connectivity index (χ0n) is 5.28. The summed E-state index contributed by atoms with van der Waals surface area (Å²) in [4.78, 5) is 10.7. The first-order valence-corrected chi connectivity index (χ1v) is 4.12. The average Bonchev–Trinajstić information content (AvgIpc) is 1.64. The van der Waals surface area contributed by atoms with E-state index in [9.17, 15) is 4.79 Å². The molecule has 0 spiro atoms. The van der Waals surface area contributed by atoms with E-state index in [1.807, 2.05) is 0 Å². The van der Waals surface area contributed by atoms with Crippen LogP contribution in [0.5, 0.6) is 0 Å². The number of halogens is 2. The molecule has 4 heteroatoms. The number of alkyl halides is 2. The number of carbonyl (C=O) groups is 1. The lowest BCUT2D eigenvalue weighted by atomic mass is 10.5. The van der Waals surface area contributed by atoms with Gasteiger partial charge in [-0.1, -0.05) is 31.9 Å². The molecule has 0 aliphatic rings. The normalized spacial score (nSPS) is 11.1. The molecule has 0 aliphatic carbocycles. The minimum atomic E-state index is -0.726. The van der Waals surface area contributed by atoms with E-state index in [0.29, 0.717) is 6.61 Å². The molecular formula is C5H8Br2O2. The molecule has 0 rings (SSSR count). The van der Waals surface area contributed by atoms with Crippen LogP contribution in [0.3, 0.4) is 0 Å². The number of esters is 1. The molecular weight excluding hydrogens is 252 g/mol. The first-order valence-electron chi connectivity index (χ1n) is 2.53. The van der Waals surface area contributed by atoms with E-state index in [1.165, 1.54) is 0 Å². The number of rotatable bonds is 2. The van der Waals surface area contributed by atoms with Gasteiger partial charge in [0.25, 0.3) is 0 Å². The number of hydrogen-bond donors (Lipinski definition) is 0. The molecule has 0 saturated carbocycles. The molecule has 0 aliphatic heterocycles. The van der Waals surface area contributed by atoms with Crippen molar-refractivity contribution in [3.05, 3.63) is 0 Å². The predicted molar refractivity (Wildman–Crippen MR) is 42.9 cm³/mol. The van der Waals surface area contributed by atoms with E-state index in [4.69, 9.17) is 0 Å². The molecule has 0 amide bonds. The third-order valence-electron chi connectivity index (χ3n) is 0.634. The first-order chi connectivity index (χ1) is 3.98. The van der Waals surface area contributed by atoms with Crippen LogP contribution < -0.4 is 0 Å². The Labute approximate surface area is 71.2 Å². The van der Waals surface area contributed by atoms with Gasteiger partial charge in [-0.3, -0.25) is 0 Å². The molecule has 54 valence electrons. The lowest BCUT2D eigenvalue weighted by Crippen LogP contribution is -2.23. The van der Waals surface area contributed by atoms with Crippen molar-refractivity contribution in [1.82, 2.24) is 0 Å². The fourth-order valence-corrected chi connectivity index (χ4v) is 0.487. The zero-order valence-corrected chi connectivity index (χ0v) is 8.45. The van der Waals surface area contributed by atoms with Crippen LogP contribution in [0.1, 0.15) is 13.8 Å². The lowest BCUT2D eigenvalue weighted by Gasteiger charge is -2.10. The molecule has 0 aromatic heterocycles. The van der Waals surface area contributed by atoms with Crippen molar-refractivity contribution in [2.45, 2.75) is 17.1 Å². The van der Waals surface area contributed by atoms with Crippen molar-refractivity contribution >= 4 is 37.8 Å². The summed E-state index contributed by atoms with van der Waals surface area (Å²) in [6.07, 6.45) is 0. The van der Waals surface area contributed by atoms with Crippen LogP contribution in [0, 0.1) is 0 Å². The summed E-state index contributed by atoms with van der Waals surface area (Å²) in [5.74, 6) is -0.301. The van der Waals surface area contributed by atoms with Crippen LogP contribution in [-0.2, 0) is 9.53 Å². The highest BCUT2D eigenvalue weighted by Crippen LogP contribution is 2.26. The number of ether oxygens (including phenoxy) is 1. The van der Waals surface area contributed by atoms with Gasteiger partial charge < -0.3 is 4.74 Å². The Balaban J connectivity index is 3.74. The Morgan fingerprint density at radius 1 is 1.67 bits per heavy atom. The molecule has 0 bridgehead atoms. The second-order valence-corrected chi connectivity index (χ2v) is 5.84. The highest BCUT2D eigenvalue weighted by atomic mass is 79.9. The van der Waals surface area contributed by atoms with Crippen molar-refractivity contribution in [1.29, 1.82) is 0 Å². The van der Waals surface area contributed by atoms with Crippen LogP contribution in [0.15, 0.2) is 0 Å². The van der Waals surface area contributed by atoms with Gasteiger partial charge in [0.05, 0.1) is 6.61 Å². The van der Waals surface area contributed by atoms with E-state index in [2.05, 4.69) is 36.6 Å². The van der Waals surface area contributed by atoms with Gasteiger partial charge in [-0.15, -0.1) is 0 Å². The lowest BCUT2D eigenvalue weighted by molar-refractivity contribution is -0.142. The molecule has 0 N–H and O–H groups in total. The van der Waals surface area contributed by atoms with Crippen molar-refractivity contribution in [3.63, 3.8) is 0 Å². The highest BCUT2D eigenvalue weighted by molar-refractivity contribution is 9.25. The molecule has 0 aromatic carbocycles. The van der Waals surface area contributed by atoms with Crippen LogP contribution >= 0.6 is 31.9 Å². The Kier molecular flexibility index (Phi) is 3.73. The van der Waals surface area contributed by atoms with Crippen molar-refractivity contribution in [3.8, 4) is 0 Å². The van der Waals surface area contributed by atoms with Gasteiger partial charge in [0.1, 0.15) is 0 Å². The quantitative estimate of drug-likeness (QED) is 0.561. The first kappa shape index (κ1) is 9.43. The second kappa shape index (κ2) is 3.56. The monoisotopic (exact) mass is 258 g/mol. The topological polar surface area (TPSA) is 26.3 Å². The maximum atomic E-state index is 10.7. The molecule has 2 nitrogen and oxygen atoms in total. The molecule has 0 heterocycles. The maximum absolute atomic E-state index is 10.7. The second-order valence-electron chi connectivity index (χ2n) is 1.61. The summed E-state index contributed by atoms with van der Waals surface area (Å²) in [7, 11) is 0. The smallest absolute Gasteiger partial charge is 0.333 e. The van der Waals surface area contributed by atoms with Gasteiger partial charge in [-0.05, 0) is 13.8 Å². The molecule has 0 radical (unpaired) electrons. The molecule has 0 aromatic rings. The fraction of sp³-hybridized carbons (Fsp3) is 0.800. The van der Waals surface area contributed by atoms with E-state index in [0.717, 1.165) is 0 Å². The van der Waals surface area contributed by atoms with Crippen molar-refractivity contribution in [2.24, 2.45) is 0 Å². The van der Waals surface area contributed by atoms with Crippen molar-refractivity contribution in [2.75, 3.05) is 6.61 Å². The number of carbonyl (C=O) groups excluding carboxylic acids is 1. The van der Waals surface area contributed by atoms with Gasteiger partial charge in [0, 0.05) is 0 Å². The average molecular weight is 260 g/mol. The summed E-state index contributed by atoms with van der Waals surface area (Å²) in [5, 5.41) is 0. The van der Waals surface area contributed by atoms with E-state index in [-0.39, 0.29) is 5.97 Å². The minimum Gasteiger partial charge on any atom is -0.464 e. The molecule has 0 saturated heterocycles. The SMILES string of the molecule is CCOC(=O)C(C)(Br)Br. The Morgan fingerprint density at radius 3 is 2.22 bits per heavy atom. The van der Waals surface area contributed by atoms with Crippen LogP contribution in [0.25, 0.3) is 0 Å². The van der Waals surface area contributed by atoms with Gasteiger partial charge >= 0.3 is 5.97 Å². The molecule has 0 atom stereocenters.